The molecule has 23 heavy (non-hydrogen) atoms. The molecule has 3 rings (SSSR count). The summed E-state index contributed by atoms with van der Waals surface area (Å²) in [7, 11) is 0. The zero-order valence-electron chi connectivity index (χ0n) is 13.3. The minimum Gasteiger partial charge on any atom is -0.339 e. The van der Waals surface area contributed by atoms with Gasteiger partial charge in [0.1, 0.15) is 5.82 Å². The number of piperidine rings is 1. The van der Waals surface area contributed by atoms with Gasteiger partial charge in [0.15, 0.2) is 5.82 Å². The lowest BCUT2D eigenvalue weighted by molar-refractivity contribution is 0.256. The topological polar surface area (TPSA) is 51.0 Å². The second kappa shape index (κ2) is 8.41. The maximum atomic E-state index is 13.2. The molecule has 1 aromatic carbocycles. The number of hydrogen-bond acceptors (Lipinski definition) is 4. The first-order chi connectivity index (χ1) is 10.7. The standard InChI is InChI=1S/C17H22FN3O.ClH/c1-12(14-5-3-7-19-11-14)8-17-20-16(21-22-17)10-13-4-2-6-15(18)9-13;/h2,4,6,9,12,14,19H,3,5,7-8,10-11H2,1H3;1H. The smallest absolute Gasteiger partial charge is 0.226 e. The van der Waals surface area contributed by atoms with Crippen molar-refractivity contribution in [2.75, 3.05) is 13.1 Å². The van der Waals surface area contributed by atoms with Crippen molar-refractivity contribution in [1.82, 2.24) is 15.5 Å². The molecule has 4 nitrogen and oxygen atoms in total. The molecule has 1 fully saturated rings. The van der Waals surface area contributed by atoms with E-state index in [0.717, 1.165) is 25.1 Å². The van der Waals surface area contributed by atoms with Crippen LogP contribution >= 0.6 is 12.4 Å². The second-order valence-electron chi connectivity index (χ2n) is 6.20. The van der Waals surface area contributed by atoms with Crippen LogP contribution in [0, 0.1) is 17.7 Å². The molecule has 1 aliphatic rings. The summed E-state index contributed by atoms with van der Waals surface area (Å²) >= 11 is 0. The van der Waals surface area contributed by atoms with Crippen LogP contribution in [0.15, 0.2) is 28.8 Å². The van der Waals surface area contributed by atoms with E-state index in [0.29, 0.717) is 30.0 Å². The molecule has 0 bridgehead atoms. The molecule has 2 aromatic rings. The van der Waals surface area contributed by atoms with E-state index in [-0.39, 0.29) is 18.2 Å². The molecule has 2 heterocycles. The average Bonchev–Trinajstić information content (AvgIpc) is 2.95. The van der Waals surface area contributed by atoms with E-state index in [9.17, 15) is 4.39 Å². The van der Waals surface area contributed by atoms with Gasteiger partial charge in [-0.05, 0) is 55.5 Å². The minimum absolute atomic E-state index is 0. The average molecular weight is 340 g/mol. The van der Waals surface area contributed by atoms with Crippen molar-refractivity contribution < 1.29 is 8.91 Å². The highest BCUT2D eigenvalue weighted by Gasteiger charge is 2.22. The third-order valence-electron chi connectivity index (χ3n) is 4.40. The van der Waals surface area contributed by atoms with Crippen molar-refractivity contribution in [2.45, 2.75) is 32.6 Å². The van der Waals surface area contributed by atoms with Gasteiger partial charge in [0.2, 0.25) is 5.89 Å². The Morgan fingerprint density at radius 1 is 1.43 bits per heavy atom. The molecule has 2 unspecified atom stereocenters. The normalized spacial score (nSPS) is 19.1. The fourth-order valence-electron chi connectivity index (χ4n) is 3.08. The molecule has 0 amide bonds. The van der Waals surface area contributed by atoms with Gasteiger partial charge in [0.25, 0.3) is 0 Å². The largest absolute Gasteiger partial charge is 0.339 e. The fraction of sp³-hybridized carbons (Fsp3) is 0.529. The number of halogens is 2. The van der Waals surface area contributed by atoms with Crippen molar-refractivity contribution in [3.8, 4) is 0 Å². The Kier molecular flexibility index (Phi) is 6.54. The lowest BCUT2D eigenvalue weighted by atomic mass is 9.85. The molecular formula is C17H23ClFN3O. The maximum absolute atomic E-state index is 13.2. The van der Waals surface area contributed by atoms with Gasteiger partial charge in [0, 0.05) is 12.8 Å². The van der Waals surface area contributed by atoms with Gasteiger partial charge >= 0.3 is 0 Å². The van der Waals surface area contributed by atoms with Gasteiger partial charge in [-0.3, -0.25) is 0 Å². The first kappa shape index (κ1) is 17.9. The van der Waals surface area contributed by atoms with Crippen molar-refractivity contribution in [3.05, 3.63) is 47.4 Å². The molecule has 1 N–H and O–H groups in total. The highest BCUT2D eigenvalue weighted by Crippen LogP contribution is 2.23. The lowest BCUT2D eigenvalue weighted by Crippen LogP contribution is -2.33. The van der Waals surface area contributed by atoms with Crippen LogP contribution in [0.4, 0.5) is 4.39 Å². The number of nitrogens with one attached hydrogen (secondary N) is 1. The van der Waals surface area contributed by atoms with Crippen LogP contribution < -0.4 is 5.32 Å². The molecule has 126 valence electrons. The maximum Gasteiger partial charge on any atom is 0.226 e. The highest BCUT2D eigenvalue weighted by atomic mass is 35.5. The molecule has 2 atom stereocenters. The Bertz CT molecular complexity index is 613. The summed E-state index contributed by atoms with van der Waals surface area (Å²) in [4.78, 5) is 4.45. The molecule has 1 saturated heterocycles. The van der Waals surface area contributed by atoms with E-state index in [1.54, 1.807) is 6.07 Å². The molecule has 1 aromatic heterocycles. The third kappa shape index (κ3) is 5.01. The first-order valence-corrected chi connectivity index (χ1v) is 7.97. The van der Waals surface area contributed by atoms with E-state index in [1.165, 1.54) is 25.0 Å². The van der Waals surface area contributed by atoms with E-state index < -0.39 is 0 Å². The van der Waals surface area contributed by atoms with Crippen LogP contribution in [0.5, 0.6) is 0 Å². The van der Waals surface area contributed by atoms with E-state index in [4.69, 9.17) is 4.52 Å². The Hall–Kier alpha value is -1.46. The number of hydrogen-bond donors (Lipinski definition) is 1. The zero-order valence-corrected chi connectivity index (χ0v) is 14.1. The monoisotopic (exact) mass is 339 g/mol. The van der Waals surface area contributed by atoms with Crippen LogP contribution in [0.2, 0.25) is 0 Å². The Balaban J connectivity index is 0.00000192. The summed E-state index contributed by atoms with van der Waals surface area (Å²) in [6.07, 6.45) is 3.81. The van der Waals surface area contributed by atoms with Gasteiger partial charge in [-0.15, -0.1) is 12.4 Å². The van der Waals surface area contributed by atoms with Crippen LogP contribution in [-0.2, 0) is 12.8 Å². The Labute approximate surface area is 142 Å². The van der Waals surface area contributed by atoms with Gasteiger partial charge in [-0.25, -0.2) is 4.39 Å². The zero-order chi connectivity index (χ0) is 15.4. The summed E-state index contributed by atoms with van der Waals surface area (Å²) < 4.78 is 18.5. The SMILES string of the molecule is CC(Cc1nc(Cc2cccc(F)c2)no1)C1CCCNC1.Cl. The second-order valence-corrected chi connectivity index (χ2v) is 6.20. The summed E-state index contributed by atoms with van der Waals surface area (Å²) in [5.41, 5.74) is 0.858. The number of nitrogens with zero attached hydrogens (tertiary/aromatic N) is 2. The van der Waals surface area contributed by atoms with Gasteiger partial charge in [0.05, 0.1) is 0 Å². The minimum atomic E-state index is -0.236. The first-order valence-electron chi connectivity index (χ1n) is 7.97. The summed E-state index contributed by atoms with van der Waals surface area (Å²) in [6, 6.07) is 6.51. The Morgan fingerprint density at radius 2 is 2.30 bits per heavy atom. The van der Waals surface area contributed by atoms with E-state index in [2.05, 4.69) is 22.4 Å². The van der Waals surface area contributed by atoms with E-state index in [1.807, 2.05) is 6.07 Å². The number of rotatable bonds is 5. The predicted molar refractivity (Wildman–Crippen MR) is 89.2 cm³/mol. The van der Waals surface area contributed by atoms with Gasteiger partial charge in [-0.1, -0.05) is 24.2 Å². The summed E-state index contributed by atoms with van der Waals surface area (Å²) in [6.45, 7) is 4.45. The number of benzene rings is 1. The molecule has 1 aliphatic heterocycles. The van der Waals surface area contributed by atoms with Crippen molar-refractivity contribution in [3.63, 3.8) is 0 Å². The fourth-order valence-corrected chi connectivity index (χ4v) is 3.08. The lowest BCUT2D eigenvalue weighted by Gasteiger charge is -2.27. The van der Waals surface area contributed by atoms with Gasteiger partial charge < -0.3 is 9.84 Å². The number of aromatic nitrogens is 2. The van der Waals surface area contributed by atoms with Crippen molar-refractivity contribution >= 4 is 12.4 Å². The van der Waals surface area contributed by atoms with E-state index >= 15 is 0 Å². The van der Waals surface area contributed by atoms with Crippen LogP contribution in [-0.4, -0.2) is 23.2 Å². The summed E-state index contributed by atoms with van der Waals surface area (Å²) in [5.74, 6) is 2.27. The Morgan fingerprint density at radius 3 is 3.04 bits per heavy atom. The quantitative estimate of drug-likeness (QED) is 0.907. The van der Waals surface area contributed by atoms with Crippen LogP contribution in [0.3, 0.4) is 0 Å². The molecule has 6 heteroatoms. The molecule has 0 aliphatic carbocycles. The molecule has 0 radical (unpaired) electrons. The summed E-state index contributed by atoms with van der Waals surface area (Å²) in [5, 5.41) is 7.46. The highest BCUT2D eigenvalue weighted by molar-refractivity contribution is 5.85. The van der Waals surface area contributed by atoms with Crippen molar-refractivity contribution in [2.24, 2.45) is 11.8 Å². The van der Waals surface area contributed by atoms with Crippen LogP contribution in [0.25, 0.3) is 0 Å². The predicted octanol–water partition coefficient (Wildman–Crippen LogP) is 3.40. The molecule has 0 spiro atoms. The molecule has 0 saturated carbocycles. The van der Waals surface area contributed by atoms with Gasteiger partial charge in [-0.2, -0.15) is 4.98 Å². The van der Waals surface area contributed by atoms with Crippen molar-refractivity contribution in [1.29, 1.82) is 0 Å². The van der Waals surface area contributed by atoms with Crippen LogP contribution in [0.1, 0.15) is 37.0 Å². The molecular weight excluding hydrogens is 317 g/mol. The third-order valence-corrected chi connectivity index (χ3v) is 4.40.